The van der Waals surface area contributed by atoms with E-state index in [9.17, 15) is 30.6 Å². The Balaban J connectivity index is 2.96. The highest BCUT2D eigenvalue weighted by Crippen LogP contribution is 2.31. The van der Waals surface area contributed by atoms with Crippen molar-refractivity contribution in [1.82, 2.24) is 0 Å². The zero-order valence-corrected chi connectivity index (χ0v) is 18.2. The number of aliphatic hydroxyl groups is 6. The largest absolute Gasteiger partial charge is 0.394 e. The molecule has 11 heteroatoms. The summed E-state index contributed by atoms with van der Waals surface area (Å²) in [5.74, 6) is 0. The number of rotatable bonds is 13. The molecule has 0 aromatic carbocycles. The van der Waals surface area contributed by atoms with Crippen molar-refractivity contribution >= 4 is 0 Å². The summed E-state index contributed by atoms with van der Waals surface area (Å²) in [6.07, 6.45) is -11.1. The molecule has 180 valence electrons. The second-order valence-corrected chi connectivity index (χ2v) is 7.66. The highest BCUT2D eigenvalue weighted by Gasteiger charge is 2.49. The second kappa shape index (κ2) is 12.6. The summed E-state index contributed by atoms with van der Waals surface area (Å²) in [7, 11) is 1.39. The number of hydrogen-bond donors (Lipinski definition) is 6. The molecule has 8 unspecified atom stereocenters. The van der Waals surface area contributed by atoms with Crippen LogP contribution >= 0.6 is 0 Å². The van der Waals surface area contributed by atoms with Gasteiger partial charge in [-0.3, -0.25) is 0 Å². The van der Waals surface area contributed by atoms with Gasteiger partial charge < -0.3 is 54.3 Å². The summed E-state index contributed by atoms with van der Waals surface area (Å²) < 4.78 is 27.3. The van der Waals surface area contributed by atoms with Gasteiger partial charge in [0.05, 0.1) is 24.9 Å². The van der Waals surface area contributed by atoms with E-state index in [0.29, 0.717) is 12.8 Å². The number of methoxy groups -OCH3 is 1. The van der Waals surface area contributed by atoms with Gasteiger partial charge in [-0.05, 0) is 26.7 Å². The molecule has 0 aliphatic carbocycles. The lowest BCUT2D eigenvalue weighted by Crippen LogP contribution is -2.62. The van der Waals surface area contributed by atoms with E-state index >= 15 is 0 Å². The van der Waals surface area contributed by atoms with Crippen LogP contribution < -0.4 is 0 Å². The molecule has 1 fully saturated rings. The van der Waals surface area contributed by atoms with E-state index in [1.807, 2.05) is 20.8 Å². The lowest BCUT2D eigenvalue weighted by atomic mass is 9.96. The molecule has 11 nitrogen and oxygen atoms in total. The molecule has 1 saturated heterocycles. The Morgan fingerprint density at radius 3 is 2.10 bits per heavy atom. The van der Waals surface area contributed by atoms with E-state index in [1.54, 1.807) is 6.92 Å². The van der Waals surface area contributed by atoms with Gasteiger partial charge in [-0.2, -0.15) is 0 Å². The molecule has 1 aliphatic rings. The smallest absolute Gasteiger partial charge is 0.209 e. The van der Waals surface area contributed by atoms with Crippen LogP contribution in [0.15, 0.2) is 0 Å². The minimum Gasteiger partial charge on any atom is -0.394 e. The van der Waals surface area contributed by atoms with Crippen molar-refractivity contribution in [3.05, 3.63) is 0 Å². The monoisotopic (exact) mass is 442 g/mol. The van der Waals surface area contributed by atoms with E-state index in [2.05, 4.69) is 0 Å². The summed E-state index contributed by atoms with van der Waals surface area (Å²) in [5, 5.41) is 59.5. The van der Waals surface area contributed by atoms with Crippen LogP contribution in [0.5, 0.6) is 0 Å². The Morgan fingerprint density at radius 2 is 1.67 bits per heavy atom. The number of aliphatic hydroxyl groups excluding tert-OH is 5. The Labute approximate surface area is 177 Å². The summed E-state index contributed by atoms with van der Waals surface area (Å²) >= 11 is 0. The molecule has 1 rings (SSSR count). The zero-order chi connectivity index (χ0) is 23.1. The zero-order valence-electron chi connectivity index (χ0n) is 18.2. The van der Waals surface area contributed by atoms with Crippen LogP contribution in [0.4, 0.5) is 0 Å². The molecule has 0 amide bonds. The predicted molar refractivity (Wildman–Crippen MR) is 103 cm³/mol. The van der Waals surface area contributed by atoms with E-state index in [0.717, 1.165) is 0 Å². The fraction of sp³-hybridized carbons (Fsp3) is 1.00. The standard InChI is InChI=1S/C19H38O11/c1-6-19(4,7-2)30-17-14(23)13(22)15(12(9-21)28-17)29-18(16(24)25)27-11(8-20)10(3)26-5/h10-18,20-25H,6-9H2,1-5H3. The Bertz CT molecular complexity index is 471. The third-order valence-corrected chi connectivity index (χ3v) is 5.64. The van der Waals surface area contributed by atoms with E-state index in [1.165, 1.54) is 7.11 Å². The summed E-state index contributed by atoms with van der Waals surface area (Å²) in [6, 6.07) is 0. The van der Waals surface area contributed by atoms with Gasteiger partial charge in [0.2, 0.25) is 12.6 Å². The first-order valence-corrected chi connectivity index (χ1v) is 10.2. The van der Waals surface area contributed by atoms with Gasteiger partial charge in [0, 0.05) is 7.11 Å². The Morgan fingerprint density at radius 1 is 1.07 bits per heavy atom. The maximum absolute atomic E-state index is 10.6. The summed E-state index contributed by atoms with van der Waals surface area (Å²) in [5.41, 5.74) is -0.614. The van der Waals surface area contributed by atoms with Gasteiger partial charge in [-0.15, -0.1) is 0 Å². The normalized spacial score (nSPS) is 31.0. The van der Waals surface area contributed by atoms with E-state index in [-0.39, 0.29) is 0 Å². The van der Waals surface area contributed by atoms with Gasteiger partial charge in [0.15, 0.2) is 6.29 Å². The minimum atomic E-state index is -2.15. The second-order valence-electron chi connectivity index (χ2n) is 7.66. The van der Waals surface area contributed by atoms with Crippen LogP contribution in [-0.4, -0.2) is 112 Å². The van der Waals surface area contributed by atoms with Crippen molar-refractivity contribution < 1.29 is 54.3 Å². The van der Waals surface area contributed by atoms with Crippen LogP contribution in [-0.2, 0) is 23.7 Å². The Kier molecular flexibility index (Phi) is 11.6. The number of ether oxygens (including phenoxy) is 5. The van der Waals surface area contributed by atoms with Crippen molar-refractivity contribution in [1.29, 1.82) is 0 Å². The van der Waals surface area contributed by atoms with Gasteiger partial charge in [0.25, 0.3) is 0 Å². The van der Waals surface area contributed by atoms with Gasteiger partial charge in [-0.25, -0.2) is 0 Å². The molecule has 30 heavy (non-hydrogen) atoms. The molecular weight excluding hydrogens is 404 g/mol. The lowest BCUT2D eigenvalue weighted by Gasteiger charge is -2.45. The Hall–Kier alpha value is -0.440. The van der Waals surface area contributed by atoms with E-state index < -0.39 is 74.3 Å². The fourth-order valence-corrected chi connectivity index (χ4v) is 2.97. The molecule has 0 aromatic rings. The molecule has 1 aliphatic heterocycles. The summed E-state index contributed by atoms with van der Waals surface area (Å²) in [4.78, 5) is 0. The van der Waals surface area contributed by atoms with Crippen molar-refractivity contribution in [2.24, 2.45) is 0 Å². The molecule has 1 heterocycles. The van der Waals surface area contributed by atoms with Crippen LogP contribution in [0.25, 0.3) is 0 Å². The first-order chi connectivity index (χ1) is 14.1. The van der Waals surface area contributed by atoms with Crippen molar-refractivity contribution in [2.75, 3.05) is 20.3 Å². The highest BCUT2D eigenvalue weighted by molar-refractivity contribution is 4.92. The van der Waals surface area contributed by atoms with Crippen LogP contribution in [0.3, 0.4) is 0 Å². The third kappa shape index (κ3) is 7.04. The van der Waals surface area contributed by atoms with Crippen LogP contribution in [0.2, 0.25) is 0 Å². The average Bonchev–Trinajstić information content (AvgIpc) is 2.74. The van der Waals surface area contributed by atoms with Crippen LogP contribution in [0, 0.1) is 0 Å². The first-order valence-electron chi connectivity index (χ1n) is 10.2. The quantitative estimate of drug-likeness (QED) is 0.183. The average molecular weight is 443 g/mol. The third-order valence-electron chi connectivity index (χ3n) is 5.64. The molecular formula is C19H38O11. The van der Waals surface area contributed by atoms with Crippen molar-refractivity contribution in [3.8, 4) is 0 Å². The molecule has 0 saturated carbocycles. The SMILES string of the molecule is CCC(C)(CC)OC1OC(CO)C(OC(OC(CO)C(C)OC)C(O)O)C(O)C1O. The highest BCUT2D eigenvalue weighted by atomic mass is 16.8. The lowest BCUT2D eigenvalue weighted by molar-refractivity contribution is -0.364. The fourth-order valence-electron chi connectivity index (χ4n) is 2.97. The minimum absolute atomic E-state index is 0.500. The molecule has 0 bridgehead atoms. The first kappa shape index (κ1) is 27.6. The molecule has 0 radical (unpaired) electrons. The maximum Gasteiger partial charge on any atom is 0.209 e. The molecule has 0 aromatic heterocycles. The topological polar surface area (TPSA) is 168 Å². The maximum atomic E-state index is 10.6. The van der Waals surface area contributed by atoms with Gasteiger partial charge in [-0.1, -0.05) is 13.8 Å². The molecule has 0 spiro atoms. The van der Waals surface area contributed by atoms with Crippen LogP contribution in [0.1, 0.15) is 40.5 Å². The van der Waals surface area contributed by atoms with Gasteiger partial charge in [0.1, 0.15) is 30.5 Å². The predicted octanol–water partition coefficient (Wildman–Crippen LogP) is -1.54. The van der Waals surface area contributed by atoms with Crippen molar-refractivity contribution in [2.45, 2.75) is 102 Å². The summed E-state index contributed by atoms with van der Waals surface area (Å²) in [6.45, 7) is 6.15. The molecule has 6 N–H and O–H groups in total. The van der Waals surface area contributed by atoms with Crippen molar-refractivity contribution in [3.63, 3.8) is 0 Å². The number of hydrogen-bond acceptors (Lipinski definition) is 11. The molecule has 8 atom stereocenters. The van der Waals surface area contributed by atoms with Gasteiger partial charge >= 0.3 is 0 Å². The van der Waals surface area contributed by atoms with E-state index in [4.69, 9.17) is 23.7 Å².